The molecule has 0 aromatic heterocycles. The molecule has 0 bridgehead atoms. The van der Waals surface area contributed by atoms with Gasteiger partial charge >= 0.3 is 0 Å². The summed E-state index contributed by atoms with van der Waals surface area (Å²) >= 11 is 0. The van der Waals surface area contributed by atoms with Crippen molar-refractivity contribution in [2.75, 3.05) is 0 Å². The first-order valence-electron chi connectivity index (χ1n) is 21.5. The molecule has 0 nitrogen and oxygen atoms in total. The highest BCUT2D eigenvalue weighted by atomic mass is 14.2. The maximum Gasteiger partial charge on any atom is -0.00262 e. The molecule has 0 amide bonds. The molecular formula is C62H40. The second-order valence-corrected chi connectivity index (χ2v) is 16.3. The minimum Gasteiger partial charge on any atom is -0.0622 e. The Balaban J connectivity index is 1.05. The van der Waals surface area contributed by atoms with Crippen LogP contribution >= 0.6 is 0 Å². The number of benzene rings is 12. The fraction of sp³-hybridized carbons (Fsp3) is 0. The van der Waals surface area contributed by atoms with Gasteiger partial charge in [0.2, 0.25) is 0 Å². The normalized spacial score (nSPS) is 11.5. The third-order valence-corrected chi connectivity index (χ3v) is 12.8. The first-order valence-corrected chi connectivity index (χ1v) is 21.5. The van der Waals surface area contributed by atoms with Gasteiger partial charge in [0.1, 0.15) is 0 Å². The first kappa shape index (κ1) is 35.8. The lowest BCUT2D eigenvalue weighted by molar-refractivity contribution is 1.60. The molecule has 0 aliphatic heterocycles. The molecule has 0 heteroatoms. The Morgan fingerprint density at radius 3 is 1.03 bits per heavy atom. The average Bonchev–Trinajstić information content (AvgIpc) is 3.35. The largest absolute Gasteiger partial charge is 0.0622 e. The van der Waals surface area contributed by atoms with Gasteiger partial charge in [-0.1, -0.05) is 224 Å². The van der Waals surface area contributed by atoms with Crippen LogP contribution in [-0.2, 0) is 0 Å². The molecular weight excluding hydrogens is 745 g/mol. The van der Waals surface area contributed by atoms with Crippen LogP contribution in [0.5, 0.6) is 0 Å². The van der Waals surface area contributed by atoms with Crippen LogP contribution in [0.3, 0.4) is 0 Å². The van der Waals surface area contributed by atoms with Crippen molar-refractivity contribution in [2.24, 2.45) is 0 Å². The molecule has 0 aliphatic rings. The Morgan fingerprint density at radius 1 is 0.161 bits per heavy atom. The maximum absolute atomic E-state index is 2.41. The van der Waals surface area contributed by atoms with E-state index in [0.29, 0.717) is 0 Å². The van der Waals surface area contributed by atoms with Gasteiger partial charge in [0.15, 0.2) is 0 Å². The zero-order valence-electron chi connectivity index (χ0n) is 34.1. The van der Waals surface area contributed by atoms with E-state index in [1.54, 1.807) is 0 Å². The number of rotatable bonds is 6. The topological polar surface area (TPSA) is 0 Å². The third-order valence-electron chi connectivity index (χ3n) is 12.8. The Bertz CT molecular complexity index is 3630. The van der Waals surface area contributed by atoms with Gasteiger partial charge < -0.3 is 0 Å². The van der Waals surface area contributed by atoms with E-state index in [9.17, 15) is 0 Å². The zero-order chi connectivity index (χ0) is 41.0. The SMILES string of the molecule is c1ccc(-c2c(-c3cccc(-c4c5ccccc5c(-c5cccc(-c6ccc7ccccc7c6-c6ccc7ccccc7c6)c5)c5ccccc45)c3)ccc3ccccc23)cc1. The Hall–Kier alpha value is -8.06. The lowest BCUT2D eigenvalue weighted by Crippen LogP contribution is -1.93. The zero-order valence-corrected chi connectivity index (χ0v) is 34.1. The van der Waals surface area contributed by atoms with E-state index in [-0.39, 0.29) is 0 Å². The summed E-state index contributed by atoms with van der Waals surface area (Å²) in [5, 5.41) is 12.5. The van der Waals surface area contributed by atoms with Gasteiger partial charge in [0.05, 0.1) is 0 Å². The van der Waals surface area contributed by atoms with Crippen LogP contribution in [-0.4, -0.2) is 0 Å². The second kappa shape index (κ2) is 14.9. The van der Waals surface area contributed by atoms with Gasteiger partial charge in [-0.2, -0.15) is 0 Å². The highest BCUT2D eigenvalue weighted by Gasteiger charge is 2.20. The lowest BCUT2D eigenvalue weighted by atomic mass is 9.83. The minimum absolute atomic E-state index is 1.20. The van der Waals surface area contributed by atoms with Crippen molar-refractivity contribution in [2.45, 2.75) is 0 Å². The Morgan fingerprint density at radius 2 is 0.516 bits per heavy atom. The van der Waals surface area contributed by atoms with Crippen molar-refractivity contribution in [3.63, 3.8) is 0 Å². The monoisotopic (exact) mass is 784 g/mol. The van der Waals surface area contributed by atoms with Crippen LogP contribution < -0.4 is 0 Å². The third kappa shape index (κ3) is 5.99. The summed E-state index contributed by atoms with van der Waals surface area (Å²) in [4.78, 5) is 0. The summed E-state index contributed by atoms with van der Waals surface area (Å²) in [7, 11) is 0. The summed E-state index contributed by atoms with van der Waals surface area (Å²) in [5.74, 6) is 0. The lowest BCUT2D eigenvalue weighted by Gasteiger charge is -2.20. The second-order valence-electron chi connectivity index (χ2n) is 16.3. The van der Waals surface area contributed by atoms with Gasteiger partial charge in [-0.05, 0) is 139 Å². The summed E-state index contributed by atoms with van der Waals surface area (Å²) in [6.45, 7) is 0. The molecule has 0 heterocycles. The summed E-state index contributed by atoms with van der Waals surface area (Å²) in [6, 6.07) is 89.4. The Kier molecular flexibility index (Phi) is 8.61. The fourth-order valence-electron chi connectivity index (χ4n) is 10.0. The van der Waals surface area contributed by atoms with E-state index < -0.39 is 0 Å². The van der Waals surface area contributed by atoms with Crippen LogP contribution in [0, 0.1) is 0 Å². The molecule has 0 aliphatic carbocycles. The van der Waals surface area contributed by atoms with E-state index in [0.717, 1.165) is 0 Å². The number of hydrogen-bond donors (Lipinski definition) is 0. The number of hydrogen-bond acceptors (Lipinski definition) is 0. The smallest absolute Gasteiger partial charge is 0.00262 e. The minimum atomic E-state index is 1.20. The first-order chi connectivity index (χ1) is 30.8. The highest BCUT2D eigenvalue weighted by molar-refractivity contribution is 6.22. The van der Waals surface area contributed by atoms with E-state index in [2.05, 4.69) is 243 Å². The van der Waals surface area contributed by atoms with Crippen LogP contribution in [0.2, 0.25) is 0 Å². The van der Waals surface area contributed by atoms with Crippen molar-refractivity contribution in [1.82, 2.24) is 0 Å². The number of fused-ring (bicyclic) bond motifs is 5. The molecule has 0 atom stereocenters. The quantitative estimate of drug-likeness (QED) is 0.147. The van der Waals surface area contributed by atoms with E-state index in [1.807, 2.05) is 0 Å². The molecule has 288 valence electrons. The molecule has 0 fully saturated rings. The van der Waals surface area contributed by atoms with Crippen LogP contribution in [0.15, 0.2) is 243 Å². The molecule has 0 saturated heterocycles. The molecule has 0 spiro atoms. The van der Waals surface area contributed by atoms with Crippen molar-refractivity contribution in [3.8, 4) is 66.8 Å². The van der Waals surface area contributed by atoms with Crippen molar-refractivity contribution >= 4 is 53.9 Å². The highest BCUT2D eigenvalue weighted by Crippen LogP contribution is 2.47. The molecule has 12 rings (SSSR count). The van der Waals surface area contributed by atoms with Crippen molar-refractivity contribution in [3.05, 3.63) is 243 Å². The molecule has 0 unspecified atom stereocenters. The summed E-state index contributed by atoms with van der Waals surface area (Å²) in [6.07, 6.45) is 0. The molecule has 0 radical (unpaired) electrons. The fourth-order valence-corrected chi connectivity index (χ4v) is 10.0. The summed E-state index contributed by atoms with van der Waals surface area (Å²) < 4.78 is 0. The maximum atomic E-state index is 2.41. The van der Waals surface area contributed by atoms with Crippen LogP contribution in [0.25, 0.3) is 121 Å². The van der Waals surface area contributed by atoms with Gasteiger partial charge in [0.25, 0.3) is 0 Å². The van der Waals surface area contributed by atoms with Crippen molar-refractivity contribution < 1.29 is 0 Å². The molecule has 62 heavy (non-hydrogen) atoms. The van der Waals surface area contributed by atoms with Gasteiger partial charge in [-0.25, -0.2) is 0 Å². The molecule has 0 N–H and O–H groups in total. The predicted molar refractivity (Wildman–Crippen MR) is 267 cm³/mol. The summed E-state index contributed by atoms with van der Waals surface area (Å²) in [5.41, 5.74) is 14.8. The Labute approximate surface area is 361 Å². The molecule has 0 saturated carbocycles. The van der Waals surface area contributed by atoms with E-state index in [4.69, 9.17) is 0 Å². The van der Waals surface area contributed by atoms with E-state index >= 15 is 0 Å². The predicted octanol–water partition coefficient (Wildman–Crippen LogP) is 17.5. The average molecular weight is 785 g/mol. The van der Waals surface area contributed by atoms with Gasteiger partial charge in [0, 0.05) is 0 Å². The standard InChI is InChI=1S/C62H40/c1-2-19-44(20-3-1)59-51-26-8-6-17-42(51)34-36-53(59)46-22-14-24-48(39-46)61-55-28-10-12-30-57(55)62(58-31-13-11-29-56(58)61)49-25-15-23-47(40-49)54-37-35-43-18-7-9-27-52(43)60(54)50-33-32-41-16-4-5-21-45(41)38-50/h1-40H. The molecule has 12 aromatic rings. The van der Waals surface area contributed by atoms with Gasteiger partial charge in [-0.15, -0.1) is 0 Å². The van der Waals surface area contributed by atoms with Crippen molar-refractivity contribution in [1.29, 1.82) is 0 Å². The van der Waals surface area contributed by atoms with E-state index in [1.165, 1.54) is 121 Å². The van der Waals surface area contributed by atoms with Gasteiger partial charge in [-0.3, -0.25) is 0 Å². The van der Waals surface area contributed by atoms with Crippen LogP contribution in [0.1, 0.15) is 0 Å². The molecule has 12 aromatic carbocycles. The van der Waals surface area contributed by atoms with Crippen LogP contribution in [0.4, 0.5) is 0 Å².